The fourth-order valence-corrected chi connectivity index (χ4v) is 3.85. The standard InChI is InChI=1S/C22H23N3O4/c1-4-28-18-11-8-12-24-19(14(3)23-20(18)24)21(26)25-13-16(22(27)29-5-2)15-9-6-7-10-17(15)25/h6-12,16H,4-5,13H2,1-3H3. The second kappa shape index (κ2) is 7.58. The zero-order valence-electron chi connectivity index (χ0n) is 16.7. The Morgan fingerprint density at radius 1 is 1.14 bits per heavy atom. The van der Waals surface area contributed by atoms with Crippen molar-refractivity contribution in [3.05, 3.63) is 59.5 Å². The zero-order valence-corrected chi connectivity index (χ0v) is 16.7. The number of anilines is 1. The third-order valence-electron chi connectivity index (χ3n) is 5.08. The van der Waals surface area contributed by atoms with Crippen LogP contribution in [0, 0.1) is 6.92 Å². The van der Waals surface area contributed by atoms with Crippen LogP contribution in [-0.2, 0) is 9.53 Å². The van der Waals surface area contributed by atoms with Gasteiger partial charge in [0.15, 0.2) is 11.4 Å². The molecular formula is C22H23N3O4. The first-order valence-electron chi connectivity index (χ1n) is 9.74. The molecule has 7 heteroatoms. The Hall–Kier alpha value is -3.35. The maximum atomic E-state index is 13.6. The van der Waals surface area contributed by atoms with Gasteiger partial charge in [-0.05, 0) is 44.5 Å². The number of imidazole rings is 1. The minimum Gasteiger partial charge on any atom is -0.490 e. The van der Waals surface area contributed by atoms with Crippen LogP contribution in [0.15, 0.2) is 42.6 Å². The van der Waals surface area contributed by atoms with E-state index in [0.29, 0.717) is 36.0 Å². The summed E-state index contributed by atoms with van der Waals surface area (Å²) < 4.78 is 12.6. The molecule has 0 saturated carbocycles. The predicted molar refractivity (Wildman–Crippen MR) is 109 cm³/mol. The van der Waals surface area contributed by atoms with E-state index in [4.69, 9.17) is 9.47 Å². The van der Waals surface area contributed by atoms with Gasteiger partial charge >= 0.3 is 5.97 Å². The second-order valence-corrected chi connectivity index (χ2v) is 6.82. The van der Waals surface area contributed by atoms with E-state index in [1.54, 1.807) is 29.3 Å². The number of fused-ring (bicyclic) bond motifs is 2. The number of pyridine rings is 1. The van der Waals surface area contributed by atoms with Crippen LogP contribution >= 0.6 is 0 Å². The molecule has 2 aromatic heterocycles. The van der Waals surface area contributed by atoms with E-state index in [-0.39, 0.29) is 18.4 Å². The Morgan fingerprint density at radius 2 is 1.93 bits per heavy atom. The number of nitrogens with zero attached hydrogens (tertiary/aromatic N) is 3. The zero-order chi connectivity index (χ0) is 20.5. The van der Waals surface area contributed by atoms with Crippen molar-refractivity contribution >= 4 is 23.2 Å². The van der Waals surface area contributed by atoms with Crippen molar-refractivity contribution in [3.8, 4) is 5.75 Å². The molecule has 0 saturated heterocycles. The Balaban J connectivity index is 1.77. The molecule has 1 aliphatic heterocycles. The predicted octanol–water partition coefficient (Wildman–Crippen LogP) is 3.35. The molecule has 1 atom stereocenters. The number of hydrogen-bond donors (Lipinski definition) is 0. The van der Waals surface area contributed by atoms with Gasteiger partial charge in [0.2, 0.25) is 0 Å². The van der Waals surface area contributed by atoms with Crippen LogP contribution in [0.5, 0.6) is 5.75 Å². The smallest absolute Gasteiger partial charge is 0.315 e. The van der Waals surface area contributed by atoms with Gasteiger partial charge in [-0.1, -0.05) is 18.2 Å². The van der Waals surface area contributed by atoms with E-state index >= 15 is 0 Å². The lowest BCUT2D eigenvalue weighted by atomic mass is 10.0. The summed E-state index contributed by atoms with van der Waals surface area (Å²) in [4.78, 5) is 32.2. The molecule has 3 aromatic rings. The van der Waals surface area contributed by atoms with Crippen LogP contribution in [0.4, 0.5) is 5.69 Å². The maximum Gasteiger partial charge on any atom is 0.315 e. The number of carbonyl (C=O) groups excluding carboxylic acids is 2. The van der Waals surface area contributed by atoms with Gasteiger partial charge in [-0.25, -0.2) is 4.98 Å². The first-order valence-corrected chi connectivity index (χ1v) is 9.74. The lowest BCUT2D eigenvalue weighted by molar-refractivity contribution is -0.144. The third-order valence-corrected chi connectivity index (χ3v) is 5.08. The fraction of sp³-hybridized carbons (Fsp3) is 0.318. The monoisotopic (exact) mass is 393 g/mol. The van der Waals surface area contributed by atoms with Gasteiger partial charge in [0, 0.05) is 18.4 Å². The van der Waals surface area contributed by atoms with Gasteiger partial charge in [-0.15, -0.1) is 0 Å². The van der Waals surface area contributed by atoms with Crippen molar-refractivity contribution in [1.29, 1.82) is 0 Å². The molecular weight excluding hydrogens is 370 g/mol. The quantitative estimate of drug-likeness (QED) is 0.622. The fourth-order valence-electron chi connectivity index (χ4n) is 3.85. The molecule has 3 heterocycles. The number of rotatable bonds is 5. The molecule has 4 rings (SSSR count). The summed E-state index contributed by atoms with van der Waals surface area (Å²) in [6.45, 7) is 6.55. The lowest BCUT2D eigenvalue weighted by Gasteiger charge is -2.18. The average Bonchev–Trinajstić information content (AvgIpc) is 3.26. The highest BCUT2D eigenvalue weighted by atomic mass is 16.5. The molecule has 1 unspecified atom stereocenters. The van der Waals surface area contributed by atoms with Crippen LogP contribution in [0.1, 0.15) is 41.5 Å². The Bertz CT molecular complexity index is 1090. The number of aromatic nitrogens is 2. The average molecular weight is 393 g/mol. The summed E-state index contributed by atoms with van der Waals surface area (Å²) in [6.07, 6.45) is 1.80. The first-order chi connectivity index (χ1) is 14.1. The maximum absolute atomic E-state index is 13.6. The first kappa shape index (κ1) is 19.0. The van der Waals surface area contributed by atoms with Gasteiger partial charge in [0.05, 0.1) is 18.9 Å². The molecule has 1 amide bonds. The lowest BCUT2D eigenvalue weighted by Crippen LogP contribution is -2.33. The highest BCUT2D eigenvalue weighted by Gasteiger charge is 2.38. The highest BCUT2D eigenvalue weighted by Crippen LogP contribution is 2.38. The van der Waals surface area contributed by atoms with Crippen molar-refractivity contribution in [2.75, 3.05) is 24.7 Å². The number of aryl methyl sites for hydroxylation is 1. The highest BCUT2D eigenvalue weighted by molar-refractivity contribution is 6.09. The number of carbonyl (C=O) groups is 2. The number of amides is 1. The molecule has 0 fully saturated rings. The van der Waals surface area contributed by atoms with E-state index in [1.807, 2.05) is 43.3 Å². The minimum absolute atomic E-state index is 0.206. The second-order valence-electron chi connectivity index (χ2n) is 6.82. The van der Waals surface area contributed by atoms with E-state index < -0.39 is 5.92 Å². The molecule has 1 aromatic carbocycles. The largest absolute Gasteiger partial charge is 0.490 e. The number of hydrogen-bond acceptors (Lipinski definition) is 5. The molecule has 0 spiro atoms. The van der Waals surface area contributed by atoms with Crippen molar-refractivity contribution in [1.82, 2.24) is 9.38 Å². The van der Waals surface area contributed by atoms with E-state index in [9.17, 15) is 9.59 Å². The van der Waals surface area contributed by atoms with E-state index in [0.717, 1.165) is 11.3 Å². The number of ether oxygens (including phenoxy) is 2. The summed E-state index contributed by atoms with van der Waals surface area (Å²) in [5.74, 6) is -0.386. The van der Waals surface area contributed by atoms with Crippen LogP contribution in [0.3, 0.4) is 0 Å². The Morgan fingerprint density at radius 3 is 2.69 bits per heavy atom. The number of benzene rings is 1. The summed E-state index contributed by atoms with van der Waals surface area (Å²) in [5.41, 5.74) is 3.20. The Labute approximate surface area is 168 Å². The van der Waals surface area contributed by atoms with Gasteiger partial charge in [0.1, 0.15) is 11.6 Å². The van der Waals surface area contributed by atoms with Crippen LogP contribution in [-0.4, -0.2) is 41.0 Å². The number of para-hydroxylation sites is 1. The van der Waals surface area contributed by atoms with Gasteiger partial charge in [-0.2, -0.15) is 0 Å². The summed E-state index contributed by atoms with van der Waals surface area (Å²) in [7, 11) is 0. The SMILES string of the molecule is CCOC(=O)C1CN(C(=O)c2c(C)nc3c(OCC)cccn23)c2ccccc21. The summed E-state index contributed by atoms with van der Waals surface area (Å²) in [5, 5.41) is 0. The molecule has 1 aliphatic rings. The molecule has 0 aliphatic carbocycles. The van der Waals surface area contributed by atoms with Gasteiger partial charge < -0.3 is 14.4 Å². The van der Waals surface area contributed by atoms with Crippen molar-refractivity contribution in [3.63, 3.8) is 0 Å². The van der Waals surface area contributed by atoms with Crippen molar-refractivity contribution in [2.24, 2.45) is 0 Å². The molecule has 29 heavy (non-hydrogen) atoms. The van der Waals surface area contributed by atoms with E-state index in [2.05, 4.69) is 4.98 Å². The normalized spacial score (nSPS) is 15.4. The summed E-state index contributed by atoms with van der Waals surface area (Å²) in [6, 6.07) is 11.1. The Kier molecular flexibility index (Phi) is 4.96. The minimum atomic E-state index is -0.492. The summed E-state index contributed by atoms with van der Waals surface area (Å²) >= 11 is 0. The molecule has 150 valence electrons. The number of esters is 1. The molecule has 0 radical (unpaired) electrons. The van der Waals surface area contributed by atoms with Crippen LogP contribution in [0.25, 0.3) is 5.65 Å². The topological polar surface area (TPSA) is 73.1 Å². The van der Waals surface area contributed by atoms with Gasteiger partial charge in [-0.3, -0.25) is 14.0 Å². The van der Waals surface area contributed by atoms with Crippen molar-refractivity contribution < 1.29 is 19.1 Å². The van der Waals surface area contributed by atoms with Gasteiger partial charge in [0.25, 0.3) is 5.91 Å². The molecule has 0 bridgehead atoms. The van der Waals surface area contributed by atoms with E-state index in [1.165, 1.54) is 0 Å². The van der Waals surface area contributed by atoms with Crippen LogP contribution in [0.2, 0.25) is 0 Å². The van der Waals surface area contributed by atoms with Crippen molar-refractivity contribution in [2.45, 2.75) is 26.7 Å². The molecule has 0 N–H and O–H groups in total. The molecule has 7 nitrogen and oxygen atoms in total. The van der Waals surface area contributed by atoms with Crippen LogP contribution < -0.4 is 9.64 Å². The third kappa shape index (κ3) is 3.12.